The Kier molecular flexibility index (Phi) is 6.98. The zero-order valence-corrected chi connectivity index (χ0v) is 26.8. The van der Waals surface area contributed by atoms with E-state index in [1.807, 2.05) is 29.8 Å². The molecule has 224 valence electrons. The van der Waals surface area contributed by atoms with Gasteiger partial charge in [0.2, 0.25) is 0 Å². The van der Waals surface area contributed by atoms with Crippen LogP contribution >= 0.6 is 11.3 Å². The number of pyridine rings is 1. The minimum Gasteiger partial charge on any atom is -0.264 e. The van der Waals surface area contributed by atoms with Crippen LogP contribution in [0.1, 0.15) is 30.7 Å². The molecule has 0 unspecified atom stereocenters. The van der Waals surface area contributed by atoms with E-state index in [0.29, 0.717) is 0 Å². The highest BCUT2D eigenvalue weighted by molar-refractivity contribution is 7.19. The van der Waals surface area contributed by atoms with Gasteiger partial charge in [-0.25, -0.2) is 4.98 Å². The summed E-state index contributed by atoms with van der Waals surface area (Å²) in [6, 6.07) is 37.6. The van der Waals surface area contributed by atoms with E-state index >= 15 is 0 Å². The maximum Gasteiger partial charge on any atom is 0.120 e. The van der Waals surface area contributed by atoms with Gasteiger partial charge in [-0.15, -0.1) is 11.3 Å². The van der Waals surface area contributed by atoms with Crippen molar-refractivity contribution in [1.82, 2.24) is 9.97 Å². The Labute approximate surface area is 278 Å². The van der Waals surface area contributed by atoms with E-state index in [1.54, 1.807) is 0 Å². The number of benzene rings is 5. The van der Waals surface area contributed by atoms with Gasteiger partial charge in [0, 0.05) is 18.0 Å². The van der Waals surface area contributed by atoms with Crippen LogP contribution in [0.3, 0.4) is 0 Å². The molecule has 0 radical (unpaired) electrons. The zero-order valence-electron chi connectivity index (χ0n) is 26.0. The molecule has 2 nitrogen and oxygen atoms in total. The third-order valence-electron chi connectivity index (χ3n) is 9.62. The first-order valence-electron chi connectivity index (χ1n) is 16.4. The number of rotatable bonds is 5. The molecule has 2 aromatic heterocycles. The van der Waals surface area contributed by atoms with Crippen molar-refractivity contribution >= 4 is 48.7 Å². The molecule has 2 heterocycles. The van der Waals surface area contributed by atoms with E-state index in [2.05, 4.69) is 132 Å². The molecule has 2 aliphatic carbocycles. The van der Waals surface area contributed by atoms with Gasteiger partial charge in [0.25, 0.3) is 0 Å². The minimum absolute atomic E-state index is 1.02. The highest BCUT2D eigenvalue weighted by Gasteiger charge is 2.19. The SMILES string of the molecule is C1=CCCC(C2=CC=C(c3nc4c(-c5ccc(-c6cccnc6)cc5)cc(-c5cc6ccccc6c6ccccc56)cc4s3)CC2)=C1. The molecule has 7 aromatic rings. The summed E-state index contributed by atoms with van der Waals surface area (Å²) in [5.41, 5.74) is 12.4. The van der Waals surface area contributed by atoms with Crippen LogP contribution in [0.5, 0.6) is 0 Å². The summed E-state index contributed by atoms with van der Waals surface area (Å²) in [5.74, 6) is 0. The van der Waals surface area contributed by atoms with Crippen LogP contribution in [-0.2, 0) is 0 Å². The summed E-state index contributed by atoms with van der Waals surface area (Å²) in [6.45, 7) is 0. The number of allylic oxidation sites excluding steroid dienone is 8. The molecule has 0 amide bonds. The van der Waals surface area contributed by atoms with Crippen LogP contribution in [-0.4, -0.2) is 9.97 Å². The molecular weight excluding hydrogens is 589 g/mol. The number of aromatic nitrogens is 2. The summed E-state index contributed by atoms with van der Waals surface area (Å²) in [7, 11) is 0. The van der Waals surface area contributed by atoms with Gasteiger partial charge in [0.05, 0.1) is 10.2 Å². The second-order valence-corrected chi connectivity index (χ2v) is 13.5. The van der Waals surface area contributed by atoms with Crippen LogP contribution < -0.4 is 0 Å². The van der Waals surface area contributed by atoms with E-state index in [1.165, 1.54) is 65.2 Å². The smallest absolute Gasteiger partial charge is 0.120 e. The largest absolute Gasteiger partial charge is 0.264 e. The first kappa shape index (κ1) is 27.9. The molecule has 2 aliphatic rings. The molecule has 0 atom stereocenters. The van der Waals surface area contributed by atoms with Crippen LogP contribution in [0.15, 0.2) is 157 Å². The third-order valence-corrected chi connectivity index (χ3v) is 10.7. The zero-order chi connectivity index (χ0) is 31.2. The number of thiazole rings is 1. The van der Waals surface area contributed by atoms with E-state index in [9.17, 15) is 0 Å². The Morgan fingerprint density at radius 2 is 1.32 bits per heavy atom. The Hall–Kier alpha value is -5.38. The molecule has 0 saturated carbocycles. The van der Waals surface area contributed by atoms with Gasteiger partial charge in [0.1, 0.15) is 5.01 Å². The molecule has 3 heteroatoms. The summed E-state index contributed by atoms with van der Waals surface area (Å²) in [4.78, 5) is 9.69. The topological polar surface area (TPSA) is 25.8 Å². The minimum atomic E-state index is 1.02. The highest BCUT2D eigenvalue weighted by Crippen LogP contribution is 2.43. The molecule has 9 rings (SSSR count). The van der Waals surface area contributed by atoms with E-state index in [0.717, 1.165) is 47.3 Å². The molecule has 0 fully saturated rings. The van der Waals surface area contributed by atoms with Crippen LogP contribution in [0.25, 0.3) is 70.7 Å². The van der Waals surface area contributed by atoms with E-state index in [-0.39, 0.29) is 0 Å². The maximum absolute atomic E-state index is 5.36. The average Bonchev–Trinajstić information content (AvgIpc) is 3.59. The van der Waals surface area contributed by atoms with Crippen LogP contribution in [0.4, 0.5) is 0 Å². The van der Waals surface area contributed by atoms with Gasteiger partial charge in [-0.3, -0.25) is 4.98 Å². The lowest BCUT2D eigenvalue weighted by Crippen LogP contribution is -1.98. The van der Waals surface area contributed by atoms with Gasteiger partial charge in [-0.1, -0.05) is 109 Å². The molecule has 0 bridgehead atoms. The van der Waals surface area contributed by atoms with Crippen LogP contribution in [0, 0.1) is 0 Å². The lowest BCUT2D eigenvalue weighted by atomic mass is 9.89. The normalized spacial score (nSPS) is 14.8. The van der Waals surface area contributed by atoms with Crippen molar-refractivity contribution in [2.45, 2.75) is 25.7 Å². The lowest BCUT2D eigenvalue weighted by molar-refractivity contribution is 0.904. The summed E-state index contributed by atoms with van der Waals surface area (Å²) in [5, 5.41) is 6.23. The Morgan fingerprint density at radius 3 is 2.11 bits per heavy atom. The number of hydrogen-bond donors (Lipinski definition) is 0. The van der Waals surface area contributed by atoms with Crippen molar-refractivity contribution in [3.8, 4) is 33.4 Å². The molecule has 5 aromatic carbocycles. The number of nitrogens with zero attached hydrogens (tertiary/aromatic N) is 2. The van der Waals surface area contributed by atoms with Crippen molar-refractivity contribution in [3.05, 3.63) is 162 Å². The lowest BCUT2D eigenvalue weighted by Gasteiger charge is -2.17. The van der Waals surface area contributed by atoms with Gasteiger partial charge in [-0.05, 0) is 116 Å². The van der Waals surface area contributed by atoms with Crippen LogP contribution in [0.2, 0.25) is 0 Å². The fourth-order valence-corrected chi connectivity index (χ4v) is 8.25. The third kappa shape index (κ3) is 5.14. The van der Waals surface area contributed by atoms with Crippen molar-refractivity contribution in [2.75, 3.05) is 0 Å². The quantitative estimate of drug-likeness (QED) is 0.179. The number of fused-ring (bicyclic) bond motifs is 4. The fraction of sp³-hybridized carbons (Fsp3) is 0.0909. The Morgan fingerprint density at radius 1 is 0.553 bits per heavy atom. The first-order chi connectivity index (χ1) is 23.3. The van der Waals surface area contributed by atoms with Gasteiger partial charge in [-0.2, -0.15) is 0 Å². The fourth-order valence-electron chi connectivity index (χ4n) is 7.16. The summed E-state index contributed by atoms with van der Waals surface area (Å²) >= 11 is 1.82. The summed E-state index contributed by atoms with van der Waals surface area (Å²) < 4.78 is 1.22. The second-order valence-electron chi connectivity index (χ2n) is 12.4. The average molecular weight is 621 g/mol. The van der Waals surface area contributed by atoms with Crippen molar-refractivity contribution in [2.24, 2.45) is 0 Å². The standard InChI is InChI=1S/C44H32N2S/c1-2-9-29(10-3-1)30-18-22-33(23-19-30)44-46-43-41(32-20-16-31(17-21-32)35-12-8-24-45-28-35)26-36(27-42(43)47-44)40-25-34-11-4-5-13-37(34)38-14-6-7-15-39(38)40/h1-2,4-9,11-18,20-22,24-28H,3,10,19,23H2. The van der Waals surface area contributed by atoms with Crippen molar-refractivity contribution in [3.63, 3.8) is 0 Å². The highest BCUT2D eigenvalue weighted by atomic mass is 32.1. The predicted molar refractivity (Wildman–Crippen MR) is 200 cm³/mol. The maximum atomic E-state index is 5.36. The summed E-state index contributed by atoms with van der Waals surface area (Å²) in [6.07, 6.45) is 19.5. The molecule has 0 N–H and O–H groups in total. The van der Waals surface area contributed by atoms with Crippen molar-refractivity contribution in [1.29, 1.82) is 0 Å². The number of hydrogen-bond acceptors (Lipinski definition) is 3. The van der Waals surface area contributed by atoms with E-state index in [4.69, 9.17) is 4.98 Å². The Bertz CT molecular complexity index is 2440. The molecular formula is C44H32N2S. The van der Waals surface area contributed by atoms with Gasteiger partial charge >= 0.3 is 0 Å². The second kappa shape index (κ2) is 11.8. The molecule has 0 spiro atoms. The van der Waals surface area contributed by atoms with Crippen molar-refractivity contribution < 1.29 is 0 Å². The Balaban J connectivity index is 1.22. The molecule has 47 heavy (non-hydrogen) atoms. The molecule has 0 saturated heterocycles. The predicted octanol–water partition coefficient (Wildman–Crippen LogP) is 12.4. The van der Waals surface area contributed by atoms with Gasteiger partial charge in [0.15, 0.2) is 0 Å². The van der Waals surface area contributed by atoms with Gasteiger partial charge < -0.3 is 0 Å². The first-order valence-corrected chi connectivity index (χ1v) is 17.2. The molecule has 0 aliphatic heterocycles. The van der Waals surface area contributed by atoms with E-state index < -0.39 is 0 Å². The monoisotopic (exact) mass is 620 g/mol.